The number of hydrogen-bond donors (Lipinski definition) is 2. The second-order valence-electron chi connectivity index (χ2n) is 5.18. The van der Waals surface area contributed by atoms with Crippen molar-refractivity contribution in [2.75, 3.05) is 11.9 Å². The van der Waals surface area contributed by atoms with E-state index in [4.69, 9.17) is 9.52 Å². The summed E-state index contributed by atoms with van der Waals surface area (Å²) in [6.07, 6.45) is 2.85. The van der Waals surface area contributed by atoms with Crippen LogP contribution in [0.5, 0.6) is 0 Å². The van der Waals surface area contributed by atoms with E-state index in [0.29, 0.717) is 17.5 Å². The van der Waals surface area contributed by atoms with Crippen LogP contribution in [-0.2, 0) is 9.59 Å². The van der Waals surface area contributed by atoms with Gasteiger partial charge in [0.25, 0.3) is 11.1 Å². The molecule has 9 heteroatoms. The number of aromatic carboxylic acids is 1. The van der Waals surface area contributed by atoms with E-state index in [0.717, 1.165) is 4.90 Å². The van der Waals surface area contributed by atoms with E-state index in [1.807, 2.05) is 0 Å². The van der Waals surface area contributed by atoms with Crippen LogP contribution in [0.3, 0.4) is 0 Å². The van der Waals surface area contributed by atoms with Gasteiger partial charge in [-0.25, -0.2) is 4.79 Å². The zero-order valence-corrected chi connectivity index (χ0v) is 14.0. The van der Waals surface area contributed by atoms with E-state index in [9.17, 15) is 19.2 Å². The Labute approximate surface area is 151 Å². The number of carboxylic acids is 1. The minimum absolute atomic E-state index is 0.0862. The van der Waals surface area contributed by atoms with Crippen LogP contribution < -0.4 is 5.32 Å². The molecule has 1 fully saturated rings. The molecule has 2 aromatic rings. The predicted molar refractivity (Wildman–Crippen MR) is 93.4 cm³/mol. The Balaban J connectivity index is 1.71. The van der Waals surface area contributed by atoms with E-state index in [2.05, 4.69) is 5.32 Å². The number of hydrogen-bond acceptors (Lipinski definition) is 6. The summed E-state index contributed by atoms with van der Waals surface area (Å²) >= 11 is 0.701. The highest BCUT2D eigenvalue weighted by Crippen LogP contribution is 2.32. The van der Waals surface area contributed by atoms with Crippen molar-refractivity contribution in [3.8, 4) is 0 Å². The molecule has 2 heterocycles. The molecule has 0 spiro atoms. The van der Waals surface area contributed by atoms with Gasteiger partial charge >= 0.3 is 5.97 Å². The van der Waals surface area contributed by atoms with E-state index < -0.39 is 29.6 Å². The van der Waals surface area contributed by atoms with Gasteiger partial charge in [-0.15, -0.1) is 0 Å². The average Bonchev–Trinajstić information content (AvgIpc) is 3.19. The first kappa shape index (κ1) is 17.5. The highest BCUT2D eigenvalue weighted by Gasteiger charge is 2.36. The fraction of sp³-hybridized carbons (Fsp3) is 0.0588. The molecule has 0 unspecified atom stereocenters. The normalized spacial score (nSPS) is 15.5. The van der Waals surface area contributed by atoms with Crippen LogP contribution in [0.2, 0.25) is 0 Å². The first-order valence-electron chi connectivity index (χ1n) is 7.37. The third-order valence-corrected chi connectivity index (χ3v) is 4.33. The summed E-state index contributed by atoms with van der Waals surface area (Å²) < 4.78 is 5.10. The van der Waals surface area contributed by atoms with E-state index in [1.165, 1.54) is 30.5 Å². The summed E-state index contributed by atoms with van der Waals surface area (Å²) in [7, 11) is 0. The Bertz CT molecular complexity index is 919. The minimum atomic E-state index is -1.20. The molecule has 2 N–H and O–H groups in total. The van der Waals surface area contributed by atoms with Crippen molar-refractivity contribution in [1.29, 1.82) is 0 Å². The lowest BCUT2D eigenvalue weighted by Crippen LogP contribution is -2.36. The number of thioether (sulfide) groups is 1. The predicted octanol–water partition coefficient (Wildman–Crippen LogP) is 2.65. The third-order valence-electron chi connectivity index (χ3n) is 3.42. The zero-order valence-electron chi connectivity index (χ0n) is 13.2. The molecule has 3 rings (SSSR count). The molecule has 1 aliphatic heterocycles. The highest BCUT2D eigenvalue weighted by atomic mass is 32.2. The summed E-state index contributed by atoms with van der Waals surface area (Å²) in [5.74, 6) is -2.08. The molecule has 0 aliphatic carbocycles. The number of nitrogens with zero attached hydrogens (tertiary/aromatic N) is 1. The van der Waals surface area contributed by atoms with E-state index in [1.54, 1.807) is 18.2 Å². The van der Waals surface area contributed by atoms with Gasteiger partial charge in [-0.1, -0.05) is 12.1 Å². The van der Waals surface area contributed by atoms with Crippen LogP contribution in [0.4, 0.5) is 10.5 Å². The van der Waals surface area contributed by atoms with Gasteiger partial charge < -0.3 is 14.8 Å². The summed E-state index contributed by atoms with van der Waals surface area (Å²) in [4.78, 5) is 48.6. The standard InChI is InChI=1S/C17H12N2O6S/c20-14(18-12-6-2-1-5-11(12)16(22)23)9-19-15(21)13(26-17(19)24)8-10-4-3-7-25-10/h1-8H,9H2,(H,18,20)(H,22,23)/b13-8-. The second kappa shape index (κ2) is 7.28. The lowest BCUT2D eigenvalue weighted by molar-refractivity contribution is -0.127. The molecule has 1 saturated heterocycles. The molecule has 26 heavy (non-hydrogen) atoms. The van der Waals surface area contributed by atoms with Crippen molar-refractivity contribution in [3.63, 3.8) is 0 Å². The SMILES string of the molecule is O=C(CN1C(=O)S/C(=C\c2ccco2)C1=O)Nc1ccccc1C(=O)O. The van der Waals surface area contributed by atoms with Crippen LogP contribution in [0.1, 0.15) is 16.1 Å². The Morgan fingerprint density at radius 1 is 1.19 bits per heavy atom. The Morgan fingerprint density at radius 2 is 1.96 bits per heavy atom. The Hall–Kier alpha value is -3.33. The first-order chi connectivity index (χ1) is 12.5. The minimum Gasteiger partial charge on any atom is -0.478 e. The van der Waals surface area contributed by atoms with Crippen LogP contribution >= 0.6 is 11.8 Å². The van der Waals surface area contributed by atoms with Gasteiger partial charge in [-0.05, 0) is 36.0 Å². The summed E-state index contributed by atoms with van der Waals surface area (Å²) in [6.45, 7) is -0.520. The molecule has 1 aliphatic rings. The molecule has 0 atom stereocenters. The number of para-hydroxylation sites is 1. The molecule has 0 radical (unpaired) electrons. The van der Waals surface area contributed by atoms with Crippen molar-refractivity contribution in [2.45, 2.75) is 0 Å². The lowest BCUT2D eigenvalue weighted by Gasteiger charge is -2.13. The van der Waals surface area contributed by atoms with Crippen LogP contribution in [0.15, 0.2) is 52.0 Å². The number of carboxylic acid groups (broad SMARTS) is 1. The number of nitrogens with one attached hydrogen (secondary N) is 1. The van der Waals surface area contributed by atoms with Gasteiger partial charge in [-0.3, -0.25) is 19.3 Å². The van der Waals surface area contributed by atoms with Gasteiger partial charge in [0.05, 0.1) is 22.4 Å². The van der Waals surface area contributed by atoms with Gasteiger partial charge in [0.2, 0.25) is 5.91 Å². The van der Waals surface area contributed by atoms with Gasteiger partial charge in [0.15, 0.2) is 0 Å². The maximum absolute atomic E-state index is 12.3. The molecule has 1 aromatic heterocycles. The number of benzene rings is 1. The fourth-order valence-corrected chi connectivity index (χ4v) is 3.07. The monoisotopic (exact) mass is 372 g/mol. The molecular weight excluding hydrogens is 360 g/mol. The van der Waals surface area contributed by atoms with Crippen LogP contribution in [0.25, 0.3) is 6.08 Å². The van der Waals surface area contributed by atoms with Crippen molar-refractivity contribution in [3.05, 3.63) is 58.9 Å². The zero-order chi connectivity index (χ0) is 18.7. The van der Waals surface area contributed by atoms with Crippen LogP contribution in [0, 0.1) is 0 Å². The number of carbonyl (C=O) groups excluding carboxylic acids is 3. The van der Waals surface area contributed by atoms with Crippen molar-refractivity contribution < 1.29 is 28.7 Å². The highest BCUT2D eigenvalue weighted by molar-refractivity contribution is 8.18. The van der Waals surface area contributed by atoms with Crippen molar-refractivity contribution in [2.24, 2.45) is 0 Å². The fourth-order valence-electron chi connectivity index (χ4n) is 2.25. The quantitative estimate of drug-likeness (QED) is 0.775. The van der Waals surface area contributed by atoms with Gasteiger partial charge in [0.1, 0.15) is 12.3 Å². The van der Waals surface area contributed by atoms with E-state index >= 15 is 0 Å². The maximum atomic E-state index is 12.3. The number of amides is 3. The Kier molecular flexibility index (Phi) is 4.90. The molecule has 0 bridgehead atoms. The summed E-state index contributed by atoms with van der Waals surface area (Å²) in [6, 6.07) is 9.12. The molecule has 1 aromatic carbocycles. The molecule has 0 saturated carbocycles. The molecular formula is C17H12N2O6S. The lowest BCUT2D eigenvalue weighted by atomic mass is 10.2. The topological polar surface area (TPSA) is 117 Å². The van der Waals surface area contributed by atoms with E-state index in [-0.39, 0.29) is 16.2 Å². The molecule has 8 nitrogen and oxygen atoms in total. The third kappa shape index (κ3) is 3.67. The summed E-state index contributed by atoms with van der Waals surface area (Å²) in [5.41, 5.74) is -0.00389. The summed E-state index contributed by atoms with van der Waals surface area (Å²) in [5, 5.41) is 10.9. The maximum Gasteiger partial charge on any atom is 0.337 e. The first-order valence-corrected chi connectivity index (χ1v) is 8.18. The number of anilines is 1. The van der Waals surface area contributed by atoms with Crippen LogP contribution in [-0.4, -0.2) is 39.6 Å². The number of carbonyl (C=O) groups is 4. The van der Waals surface area contributed by atoms with Crippen molar-refractivity contribution in [1.82, 2.24) is 4.90 Å². The average molecular weight is 372 g/mol. The number of imide groups is 1. The Morgan fingerprint density at radius 3 is 2.65 bits per heavy atom. The molecule has 132 valence electrons. The second-order valence-corrected chi connectivity index (χ2v) is 6.18. The van der Waals surface area contributed by atoms with Crippen molar-refractivity contribution >= 4 is 46.5 Å². The number of rotatable bonds is 5. The largest absolute Gasteiger partial charge is 0.478 e. The van der Waals surface area contributed by atoms with Gasteiger partial charge in [0, 0.05) is 6.08 Å². The van der Waals surface area contributed by atoms with Gasteiger partial charge in [-0.2, -0.15) is 0 Å². The number of furan rings is 1. The molecule has 3 amide bonds. The smallest absolute Gasteiger partial charge is 0.337 e.